The molecule has 1 aliphatic heterocycles. The molecular formula is C17H16N2O4S. The summed E-state index contributed by atoms with van der Waals surface area (Å²) in [5.74, 6) is -1.36. The van der Waals surface area contributed by atoms with Crippen molar-refractivity contribution in [3.8, 4) is 0 Å². The first-order chi connectivity index (χ1) is 11.4. The van der Waals surface area contributed by atoms with Gasteiger partial charge in [-0.1, -0.05) is 60.7 Å². The highest BCUT2D eigenvalue weighted by Crippen LogP contribution is 2.28. The lowest BCUT2D eigenvalue weighted by Crippen LogP contribution is -2.49. The fraction of sp³-hybridized carbons (Fsp3) is 0.176. The molecule has 3 amide bonds. The minimum Gasteiger partial charge on any atom is -0.319 e. The molecule has 2 aromatic rings. The van der Waals surface area contributed by atoms with Crippen molar-refractivity contribution >= 4 is 21.8 Å². The van der Waals surface area contributed by atoms with Crippen LogP contribution >= 0.6 is 0 Å². The third-order valence-electron chi connectivity index (χ3n) is 3.87. The van der Waals surface area contributed by atoms with Gasteiger partial charge in [0.15, 0.2) is 15.4 Å². The Morgan fingerprint density at radius 1 is 0.875 bits per heavy atom. The number of carbonyl (C=O) groups is 2. The van der Waals surface area contributed by atoms with Crippen LogP contribution in [-0.2, 0) is 25.9 Å². The molecule has 1 heterocycles. The largest absolute Gasteiger partial charge is 0.322 e. The van der Waals surface area contributed by atoms with Gasteiger partial charge in [0.2, 0.25) is 0 Å². The second kappa shape index (κ2) is 6.09. The van der Waals surface area contributed by atoms with Crippen LogP contribution in [0.2, 0.25) is 0 Å². The van der Waals surface area contributed by atoms with E-state index in [1.807, 2.05) is 0 Å². The van der Waals surface area contributed by atoms with E-state index in [2.05, 4.69) is 10.6 Å². The number of rotatable bonds is 5. The van der Waals surface area contributed by atoms with Gasteiger partial charge in [-0.3, -0.25) is 10.1 Å². The van der Waals surface area contributed by atoms with Crippen molar-refractivity contribution in [2.75, 3.05) is 5.75 Å². The van der Waals surface area contributed by atoms with Gasteiger partial charge < -0.3 is 5.32 Å². The van der Waals surface area contributed by atoms with Crippen LogP contribution in [0.15, 0.2) is 60.7 Å². The van der Waals surface area contributed by atoms with Gasteiger partial charge in [-0.25, -0.2) is 13.2 Å². The van der Waals surface area contributed by atoms with Gasteiger partial charge in [0, 0.05) is 0 Å². The van der Waals surface area contributed by atoms with E-state index in [0.717, 1.165) is 0 Å². The van der Waals surface area contributed by atoms with Gasteiger partial charge in [-0.05, 0) is 11.1 Å². The molecule has 7 heteroatoms. The van der Waals surface area contributed by atoms with Crippen LogP contribution in [-0.4, -0.2) is 26.1 Å². The van der Waals surface area contributed by atoms with E-state index in [0.29, 0.717) is 11.1 Å². The van der Waals surface area contributed by atoms with Gasteiger partial charge in [0.1, 0.15) is 0 Å². The number of carbonyl (C=O) groups excluding carboxylic acids is 2. The second-order valence-corrected chi connectivity index (χ2v) is 7.76. The molecule has 1 saturated heterocycles. The fourth-order valence-electron chi connectivity index (χ4n) is 2.81. The Hall–Kier alpha value is -2.67. The SMILES string of the molecule is O=C1NC(=O)C(CS(=O)(=O)Cc2ccccc2)(c2ccccc2)N1. The number of urea groups is 1. The topological polar surface area (TPSA) is 92.3 Å². The summed E-state index contributed by atoms with van der Waals surface area (Å²) in [7, 11) is -3.66. The van der Waals surface area contributed by atoms with E-state index >= 15 is 0 Å². The number of imide groups is 1. The Labute approximate surface area is 139 Å². The average Bonchev–Trinajstić information content (AvgIpc) is 2.82. The molecule has 1 fully saturated rings. The summed E-state index contributed by atoms with van der Waals surface area (Å²) in [5.41, 5.74) is -0.540. The predicted octanol–water partition coefficient (Wildman–Crippen LogP) is 1.34. The summed E-state index contributed by atoms with van der Waals surface area (Å²) in [6.45, 7) is 0. The number of benzene rings is 2. The van der Waals surface area contributed by atoms with Crippen LogP contribution in [0.25, 0.3) is 0 Å². The molecule has 1 atom stereocenters. The lowest BCUT2D eigenvalue weighted by Gasteiger charge is -2.26. The molecule has 0 saturated carbocycles. The van der Waals surface area contributed by atoms with E-state index in [4.69, 9.17) is 0 Å². The van der Waals surface area contributed by atoms with Crippen LogP contribution in [0.4, 0.5) is 4.79 Å². The molecule has 6 nitrogen and oxygen atoms in total. The monoisotopic (exact) mass is 344 g/mol. The van der Waals surface area contributed by atoms with Crippen molar-refractivity contribution in [1.82, 2.24) is 10.6 Å². The highest BCUT2D eigenvalue weighted by molar-refractivity contribution is 7.90. The molecule has 1 aliphatic rings. The van der Waals surface area contributed by atoms with Gasteiger partial charge in [0.25, 0.3) is 5.91 Å². The molecular weight excluding hydrogens is 328 g/mol. The van der Waals surface area contributed by atoms with E-state index in [9.17, 15) is 18.0 Å². The first kappa shape index (κ1) is 16.2. The average molecular weight is 344 g/mol. The van der Waals surface area contributed by atoms with Crippen LogP contribution < -0.4 is 10.6 Å². The zero-order valence-corrected chi connectivity index (χ0v) is 13.5. The minimum atomic E-state index is -3.66. The smallest absolute Gasteiger partial charge is 0.319 e. The number of sulfone groups is 1. The fourth-order valence-corrected chi connectivity index (χ4v) is 4.64. The van der Waals surface area contributed by atoms with Crippen LogP contribution in [0.1, 0.15) is 11.1 Å². The molecule has 2 N–H and O–H groups in total. The van der Waals surface area contributed by atoms with Crippen LogP contribution in [0, 0.1) is 0 Å². The first-order valence-electron chi connectivity index (χ1n) is 7.35. The maximum atomic E-state index is 12.7. The maximum absolute atomic E-state index is 12.7. The summed E-state index contributed by atoms with van der Waals surface area (Å²) in [6, 6.07) is 16.4. The molecule has 0 aromatic heterocycles. The van der Waals surface area contributed by atoms with Crippen molar-refractivity contribution in [2.45, 2.75) is 11.3 Å². The van der Waals surface area contributed by atoms with E-state index in [1.165, 1.54) is 0 Å². The highest BCUT2D eigenvalue weighted by atomic mass is 32.2. The predicted molar refractivity (Wildman–Crippen MR) is 88.7 cm³/mol. The summed E-state index contributed by atoms with van der Waals surface area (Å²) in [6.07, 6.45) is 0. The minimum absolute atomic E-state index is 0.203. The second-order valence-electron chi connectivity index (χ2n) is 5.70. The summed E-state index contributed by atoms with van der Waals surface area (Å²) in [4.78, 5) is 24.0. The Morgan fingerprint density at radius 2 is 1.46 bits per heavy atom. The quantitative estimate of drug-likeness (QED) is 0.801. The molecule has 0 bridgehead atoms. The van der Waals surface area contributed by atoms with Gasteiger partial charge in [0.05, 0.1) is 11.5 Å². The van der Waals surface area contributed by atoms with Crippen molar-refractivity contribution in [2.24, 2.45) is 0 Å². The lowest BCUT2D eigenvalue weighted by atomic mass is 9.92. The summed E-state index contributed by atoms with van der Waals surface area (Å²) in [5, 5.41) is 4.64. The van der Waals surface area contributed by atoms with Crippen molar-refractivity contribution < 1.29 is 18.0 Å². The number of nitrogens with one attached hydrogen (secondary N) is 2. The maximum Gasteiger partial charge on any atom is 0.322 e. The third-order valence-corrected chi connectivity index (χ3v) is 5.52. The van der Waals surface area contributed by atoms with E-state index < -0.39 is 33.1 Å². The zero-order valence-electron chi connectivity index (χ0n) is 12.7. The van der Waals surface area contributed by atoms with Gasteiger partial charge in [-0.2, -0.15) is 0 Å². The third kappa shape index (κ3) is 3.16. The van der Waals surface area contributed by atoms with E-state index in [-0.39, 0.29) is 5.75 Å². The van der Waals surface area contributed by atoms with E-state index in [1.54, 1.807) is 60.7 Å². The molecule has 1 unspecified atom stereocenters. The molecule has 3 rings (SSSR count). The van der Waals surface area contributed by atoms with Gasteiger partial charge in [-0.15, -0.1) is 0 Å². The molecule has 2 aromatic carbocycles. The summed E-state index contributed by atoms with van der Waals surface area (Å²) >= 11 is 0. The number of hydrogen-bond acceptors (Lipinski definition) is 4. The lowest BCUT2D eigenvalue weighted by molar-refractivity contribution is -0.123. The Kier molecular flexibility index (Phi) is 4.11. The Bertz CT molecular complexity index is 866. The highest BCUT2D eigenvalue weighted by Gasteiger charge is 2.50. The number of hydrogen-bond donors (Lipinski definition) is 2. The van der Waals surface area contributed by atoms with Crippen LogP contribution in [0.3, 0.4) is 0 Å². The molecule has 0 radical (unpaired) electrons. The molecule has 24 heavy (non-hydrogen) atoms. The molecule has 124 valence electrons. The van der Waals surface area contributed by atoms with Crippen molar-refractivity contribution in [3.05, 3.63) is 71.8 Å². The molecule has 0 aliphatic carbocycles. The number of amides is 3. The van der Waals surface area contributed by atoms with Gasteiger partial charge >= 0.3 is 6.03 Å². The first-order valence-corrected chi connectivity index (χ1v) is 9.17. The Morgan fingerprint density at radius 3 is 2.00 bits per heavy atom. The van der Waals surface area contributed by atoms with Crippen molar-refractivity contribution in [3.63, 3.8) is 0 Å². The molecule has 0 spiro atoms. The van der Waals surface area contributed by atoms with Crippen LogP contribution in [0.5, 0.6) is 0 Å². The Balaban J connectivity index is 1.96. The normalized spacial score (nSPS) is 20.5. The summed E-state index contributed by atoms with van der Waals surface area (Å²) < 4.78 is 25.3. The van der Waals surface area contributed by atoms with Crippen molar-refractivity contribution in [1.29, 1.82) is 0 Å². The zero-order chi connectivity index (χ0) is 17.2. The standard InChI is InChI=1S/C17H16N2O4S/c20-15-17(19-16(21)18-15,14-9-5-2-6-10-14)12-24(22,23)11-13-7-3-1-4-8-13/h1-10H,11-12H2,(H2,18,19,20,21).